The van der Waals surface area contributed by atoms with Crippen LogP contribution >= 0.6 is 0 Å². The third kappa shape index (κ3) is 2.33. The monoisotopic (exact) mass is 434 g/mol. The summed E-state index contributed by atoms with van der Waals surface area (Å²) in [5.41, 5.74) is 0.0529. The van der Waals surface area contributed by atoms with Gasteiger partial charge in [-0.25, -0.2) is 18.1 Å². The maximum absolute atomic E-state index is 15.6. The Bertz CT molecular complexity index is 1570. The van der Waals surface area contributed by atoms with E-state index in [1.165, 1.54) is 6.07 Å². The molecule has 0 saturated heterocycles. The molecule has 0 N–H and O–H groups in total. The number of rotatable bonds is 2. The summed E-state index contributed by atoms with van der Waals surface area (Å²) in [6.45, 7) is 3.98. The number of oxazole rings is 1. The lowest BCUT2D eigenvalue weighted by molar-refractivity contribution is -0.741. The van der Waals surface area contributed by atoms with Crippen molar-refractivity contribution in [1.29, 1.82) is 5.26 Å². The van der Waals surface area contributed by atoms with Crippen LogP contribution in [0.1, 0.15) is 37.8 Å². The van der Waals surface area contributed by atoms with Crippen LogP contribution in [0, 0.1) is 23.0 Å². The van der Waals surface area contributed by atoms with Crippen LogP contribution in [-0.2, 0) is 12.6 Å². The van der Waals surface area contributed by atoms with Gasteiger partial charge in [-0.3, -0.25) is 0 Å². The van der Waals surface area contributed by atoms with Crippen molar-refractivity contribution >= 4 is 11.2 Å². The molecule has 0 fully saturated rings. The molecule has 0 radical (unpaired) electrons. The maximum Gasteiger partial charge on any atom is 0.430 e. The Morgan fingerprint density at radius 2 is 1.97 bits per heavy atom. The molecule has 0 amide bonds. The van der Waals surface area contributed by atoms with Crippen molar-refractivity contribution in [2.75, 3.05) is 0 Å². The highest BCUT2D eigenvalue weighted by Crippen LogP contribution is 2.44. The van der Waals surface area contributed by atoms with Crippen molar-refractivity contribution in [1.82, 2.24) is 4.40 Å². The quantitative estimate of drug-likeness (QED) is 0.455. The molecule has 8 heteroatoms. The Balaban J connectivity index is 2.11. The molecule has 0 atom stereocenters. The van der Waals surface area contributed by atoms with E-state index < -0.39 is 28.4 Å². The minimum absolute atomic E-state index is 0.115. The van der Waals surface area contributed by atoms with Gasteiger partial charge in [-0.2, -0.15) is 14.2 Å². The van der Waals surface area contributed by atoms with Gasteiger partial charge < -0.3 is 4.42 Å². The minimum atomic E-state index is -0.949. The van der Waals surface area contributed by atoms with Gasteiger partial charge in [0.2, 0.25) is 11.2 Å². The number of halogens is 2. The Morgan fingerprint density at radius 3 is 2.66 bits per heavy atom. The van der Waals surface area contributed by atoms with Gasteiger partial charge in [0.25, 0.3) is 0 Å². The molecule has 5 rings (SSSR count). The van der Waals surface area contributed by atoms with E-state index in [1.54, 1.807) is 46.6 Å². The number of fused-ring (bicyclic) bond motifs is 4. The largest absolute Gasteiger partial charge is 0.430 e. The Labute approximate surface area is 181 Å². The first kappa shape index (κ1) is 20.1. The second-order valence-electron chi connectivity index (χ2n) is 7.95. The predicted octanol–water partition coefficient (Wildman–Crippen LogP) is 2.27. The van der Waals surface area contributed by atoms with Gasteiger partial charge in [0.05, 0.1) is 12.6 Å². The number of pyridine rings is 1. The summed E-state index contributed by atoms with van der Waals surface area (Å²) in [7, 11) is 1.73. The normalized spacial score (nSPS) is 16.0. The standard InChI is InChI=1S/C24H20F2N4O2/c1-4-24(5-2)19(22-29-11-10-28(3)21(29)23(31)32-22)14-12-16(25)15(13-27)20(26)18(14)17-8-6-7-9-30(17)24/h6-12H,4-5H2,1-3H3/q+2. The molecule has 32 heavy (non-hydrogen) atoms. The molecule has 1 aromatic carbocycles. The second-order valence-corrected chi connectivity index (χ2v) is 7.95. The van der Waals surface area contributed by atoms with Gasteiger partial charge in [0, 0.05) is 30.5 Å². The number of imidazole rings is 1. The summed E-state index contributed by atoms with van der Waals surface area (Å²) in [6, 6.07) is 8.19. The molecule has 4 heterocycles. The summed E-state index contributed by atoms with van der Waals surface area (Å²) in [5, 5.41) is 9.36. The highest BCUT2D eigenvalue weighted by atomic mass is 19.1. The van der Waals surface area contributed by atoms with Crippen molar-refractivity contribution in [3.8, 4) is 17.3 Å². The van der Waals surface area contributed by atoms with Crippen molar-refractivity contribution in [2.45, 2.75) is 32.2 Å². The zero-order valence-electron chi connectivity index (χ0n) is 17.8. The minimum Gasteiger partial charge on any atom is -0.379 e. The topological polar surface area (TPSA) is 66.2 Å². The number of benzene rings is 1. The van der Waals surface area contributed by atoms with Crippen molar-refractivity contribution in [2.24, 2.45) is 7.05 Å². The summed E-state index contributed by atoms with van der Waals surface area (Å²) in [6.07, 6.45) is 6.41. The van der Waals surface area contributed by atoms with Gasteiger partial charge in [-0.05, 0) is 12.1 Å². The van der Waals surface area contributed by atoms with Gasteiger partial charge in [-0.15, -0.1) is 0 Å². The van der Waals surface area contributed by atoms with E-state index in [-0.39, 0.29) is 16.7 Å². The lowest BCUT2D eigenvalue weighted by Gasteiger charge is -2.34. The SMILES string of the molecule is CCC1(CC)C(=c2oc(=O)c3n2cc[n+]3C)c2cc(F)c(C#N)c(F)c2-c2cccc[n+]21. The van der Waals surface area contributed by atoms with E-state index in [2.05, 4.69) is 0 Å². The second kappa shape index (κ2) is 6.82. The van der Waals surface area contributed by atoms with Gasteiger partial charge in [-0.1, -0.05) is 13.8 Å². The van der Waals surface area contributed by atoms with E-state index >= 15 is 4.39 Å². The molecule has 0 aliphatic carbocycles. The number of aromatic nitrogens is 3. The molecule has 0 saturated carbocycles. The fourth-order valence-corrected chi connectivity index (χ4v) is 5.06. The summed E-state index contributed by atoms with van der Waals surface area (Å²) < 4.78 is 41.4. The third-order valence-corrected chi connectivity index (χ3v) is 6.62. The van der Waals surface area contributed by atoms with E-state index in [0.717, 1.165) is 0 Å². The predicted molar refractivity (Wildman–Crippen MR) is 110 cm³/mol. The van der Waals surface area contributed by atoms with Gasteiger partial charge >= 0.3 is 16.8 Å². The van der Waals surface area contributed by atoms with Crippen molar-refractivity contribution < 1.29 is 22.3 Å². The number of nitriles is 1. The Morgan fingerprint density at radius 1 is 1.22 bits per heavy atom. The number of nitrogens with zero attached hydrogens (tertiary/aromatic N) is 4. The molecule has 1 aliphatic rings. The van der Waals surface area contributed by atoms with Crippen LogP contribution in [0.3, 0.4) is 0 Å². The van der Waals surface area contributed by atoms with Crippen LogP contribution in [0.15, 0.2) is 52.1 Å². The van der Waals surface area contributed by atoms with Crippen molar-refractivity contribution in [3.63, 3.8) is 0 Å². The fraction of sp³-hybridized carbons (Fsp3) is 0.250. The van der Waals surface area contributed by atoms with E-state index in [0.29, 0.717) is 29.8 Å². The average molecular weight is 434 g/mol. The first-order chi connectivity index (χ1) is 15.4. The summed E-state index contributed by atoms with van der Waals surface area (Å²) in [5.74, 6) is -1.88. The Hall–Kier alpha value is -3.86. The molecule has 4 aromatic rings. The molecule has 0 bridgehead atoms. The van der Waals surface area contributed by atoms with E-state index in [4.69, 9.17) is 4.42 Å². The zero-order chi connectivity index (χ0) is 22.8. The molecular weight excluding hydrogens is 414 g/mol. The smallest absolute Gasteiger partial charge is 0.379 e. The van der Waals surface area contributed by atoms with Crippen molar-refractivity contribution in [3.05, 3.63) is 81.6 Å². The van der Waals surface area contributed by atoms with E-state index in [1.807, 2.05) is 30.7 Å². The third-order valence-electron chi connectivity index (χ3n) is 6.62. The molecule has 160 valence electrons. The lowest BCUT2D eigenvalue weighted by Crippen LogP contribution is -2.61. The number of aryl methyl sites for hydroxylation is 1. The van der Waals surface area contributed by atoms with Gasteiger partial charge in [0.1, 0.15) is 35.4 Å². The number of hydrogen-bond acceptors (Lipinski definition) is 3. The Kier molecular flexibility index (Phi) is 4.28. The lowest BCUT2D eigenvalue weighted by atomic mass is 9.74. The van der Waals surface area contributed by atoms with Crippen LogP contribution in [0.25, 0.3) is 22.5 Å². The van der Waals surface area contributed by atoms with Crippen LogP contribution in [0.2, 0.25) is 0 Å². The van der Waals surface area contributed by atoms with Crippen LogP contribution in [0.4, 0.5) is 8.78 Å². The van der Waals surface area contributed by atoms with E-state index in [9.17, 15) is 14.4 Å². The summed E-state index contributed by atoms with van der Waals surface area (Å²) in [4.78, 5) is 12.7. The molecule has 0 spiro atoms. The average Bonchev–Trinajstić information content (AvgIpc) is 3.33. The highest BCUT2D eigenvalue weighted by molar-refractivity contribution is 5.84. The highest BCUT2D eigenvalue weighted by Gasteiger charge is 2.52. The fourth-order valence-electron chi connectivity index (χ4n) is 5.06. The number of hydrogen-bond donors (Lipinski definition) is 0. The summed E-state index contributed by atoms with van der Waals surface area (Å²) >= 11 is 0. The molecule has 6 nitrogen and oxygen atoms in total. The zero-order valence-corrected chi connectivity index (χ0v) is 17.8. The first-order valence-corrected chi connectivity index (χ1v) is 10.4. The molecule has 1 aliphatic heterocycles. The van der Waals surface area contributed by atoms with Gasteiger partial charge in [0.15, 0.2) is 12.0 Å². The van der Waals surface area contributed by atoms with Crippen LogP contribution < -0.4 is 20.3 Å². The van der Waals surface area contributed by atoms with Crippen LogP contribution in [-0.4, -0.2) is 4.40 Å². The molecular formula is C24H20F2N4O2+2. The maximum atomic E-state index is 15.6. The molecule has 3 aromatic heterocycles. The van der Waals surface area contributed by atoms with Crippen LogP contribution in [0.5, 0.6) is 0 Å². The first-order valence-electron chi connectivity index (χ1n) is 10.4. The molecule has 0 unspecified atom stereocenters.